The second kappa shape index (κ2) is 19.8. The number of fused-ring (bicyclic) bond motifs is 3. The molecule has 1 aromatic heterocycles. The number of nitrogens with two attached hydrogens (primary N) is 1. The number of carbonyl (C=O) groups is 6. The van der Waals surface area contributed by atoms with Crippen molar-refractivity contribution in [3.8, 4) is 0 Å². The molecule has 2 aromatic rings. The zero-order valence-electron chi connectivity index (χ0n) is 28.1. The number of piperidine rings is 1. The predicted octanol–water partition coefficient (Wildman–Crippen LogP) is -0.553. The molecule has 6 amide bonds. The summed E-state index contributed by atoms with van der Waals surface area (Å²) in [5, 5.41) is 14.0. The van der Waals surface area contributed by atoms with Gasteiger partial charge in [-0.25, -0.2) is 0 Å². The first-order chi connectivity index (χ1) is 24.2. The molecule has 3 heterocycles. The number of ether oxygens (including phenoxy) is 1. The monoisotopic (exact) mass is 693 g/mol. The van der Waals surface area contributed by atoms with Crippen LogP contribution in [0.2, 0.25) is 0 Å². The van der Waals surface area contributed by atoms with Gasteiger partial charge in [0.1, 0.15) is 17.8 Å². The van der Waals surface area contributed by atoms with Crippen molar-refractivity contribution in [2.24, 2.45) is 11.7 Å². The first kappa shape index (κ1) is 37.8. The zero-order valence-corrected chi connectivity index (χ0v) is 28.1. The van der Waals surface area contributed by atoms with Crippen molar-refractivity contribution in [3.63, 3.8) is 0 Å². The number of carbonyl (C=O) groups excluding carboxylic acids is 6. The molecule has 270 valence electrons. The lowest BCUT2D eigenvalue weighted by Gasteiger charge is -2.32. The molecule has 1 aromatic carbocycles. The number of nitrogens with zero attached hydrogens (tertiary/aromatic N) is 1. The topological polar surface area (TPSA) is 214 Å². The van der Waals surface area contributed by atoms with E-state index in [1.807, 2.05) is 0 Å². The minimum atomic E-state index is -0.972. The van der Waals surface area contributed by atoms with Gasteiger partial charge in [0.25, 0.3) is 0 Å². The van der Waals surface area contributed by atoms with Gasteiger partial charge in [0.15, 0.2) is 0 Å². The Hall–Kier alpha value is -5.02. The van der Waals surface area contributed by atoms with Crippen molar-refractivity contribution in [1.82, 2.24) is 31.5 Å². The normalized spacial score (nSPS) is 22.3. The van der Waals surface area contributed by atoms with Crippen LogP contribution in [-0.4, -0.2) is 98.4 Å². The maximum Gasteiger partial charge on any atom is 0.246 e. The average molecular weight is 694 g/mol. The third-order valence-electron chi connectivity index (χ3n) is 8.45. The largest absolute Gasteiger partial charge is 0.469 e. The van der Waals surface area contributed by atoms with Crippen molar-refractivity contribution in [2.75, 3.05) is 45.9 Å². The van der Waals surface area contributed by atoms with Gasteiger partial charge in [-0.1, -0.05) is 24.3 Å². The highest BCUT2D eigenvalue weighted by atomic mass is 16.5. The highest BCUT2D eigenvalue weighted by molar-refractivity contribution is 5.97. The summed E-state index contributed by atoms with van der Waals surface area (Å²) < 4.78 is 10.8. The van der Waals surface area contributed by atoms with Crippen molar-refractivity contribution in [1.29, 1.82) is 0 Å². The van der Waals surface area contributed by atoms with E-state index >= 15 is 0 Å². The van der Waals surface area contributed by atoms with Crippen LogP contribution in [0.5, 0.6) is 0 Å². The number of furan rings is 1. The van der Waals surface area contributed by atoms with Gasteiger partial charge in [0.2, 0.25) is 35.4 Å². The number of hydrogen-bond donors (Lipinski definition) is 6. The summed E-state index contributed by atoms with van der Waals surface area (Å²) in [5.74, 6) is -2.57. The minimum Gasteiger partial charge on any atom is -0.469 e. The Morgan fingerprint density at radius 2 is 1.76 bits per heavy atom. The molecule has 15 heteroatoms. The number of amides is 6. The summed E-state index contributed by atoms with van der Waals surface area (Å²) in [6.07, 6.45) is 5.53. The molecular formula is C35H47N7O8. The fourth-order valence-electron chi connectivity index (χ4n) is 5.80. The molecule has 0 unspecified atom stereocenters. The van der Waals surface area contributed by atoms with Gasteiger partial charge in [-0.15, -0.1) is 0 Å². The summed E-state index contributed by atoms with van der Waals surface area (Å²) in [5.41, 5.74) is 6.77. The Balaban J connectivity index is 1.53. The standard InChI is InChI=1S/C35H47N7O8/c36-13-18-49-19-15-38-34(47)28-10-3-14-37-30(43)11-12-32(45)42-16-4-8-26(23-42)33(46)41-29(21-27-9-5-17-50-27)35(48)39-22-25-7-2-1-6-24(25)20-31(44)40-28/h1-2,5-7,9,11-12,17,26,28-29H,3-4,8,10,13-16,18-23,36H2,(H,37,43)(H,38,47)(H,39,48)(H,40,44)(H,41,46)/b12-11+/t26-,28+,29+/m1/s1. The SMILES string of the molecule is NCCOCCNC(=O)[C@@H]1CCCNC(=O)/C=C/C(=O)N2CCC[C@H](C2)C(=O)N[C@@H](Cc2ccco2)C(=O)NCc2ccccc2CC(=O)N1. The average Bonchev–Trinajstić information content (AvgIpc) is 3.63. The zero-order chi connectivity index (χ0) is 35.7. The van der Waals surface area contributed by atoms with Crippen molar-refractivity contribution >= 4 is 35.4 Å². The van der Waals surface area contributed by atoms with Crippen LogP contribution in [0.3, 0.4) is 0 Å². The van der Waals surface area contributed by atoms with Crippen LogP contribution >= 0.6 is 0 Å². The highest BCUT2D eigenvalue weighted by Gasteiger charge is 2.31. The molecule has 50 heavy (non-hydrogen) atoms. The number of benzene rings is 1. The summed E-state index contributed by atoms with van der Waals surface area (Å²) in [6, 6.07) is 8.68. The lowest BCUT2D eigenvalue weighted by atomic mass is 9.96. The smallest absolute Gasteiger partial charge is 0.246 e. The third-order valence-corrected chi connectivity index (χ3v) is 8.45. The number of hydrogen-bond acceptors (Lipinski definition) is 9. The van der Waals surface area contributed by atoms with Crippen LogP contribution < -0.4 is 32.3 Å². The Labute approximate surface area is 291 Å². The Kier molecular flexibility index (Phi) is 15.0. The molecule has 1 saturated heterocycles. The van der Waals surface area contributed by atoms with Crippen molar-refractivity contribution < 1.29 is 37.9 Å². The number of rotatable bonds is 8. The van der Waals surface area contributed by atoms with Gasteiger partial charge >= 0.3 is 0 Å². The molecule has 0 saturated carbocycles. The first-order valence-corrected chi connectivity index (χ1v) is 17.0. The second-order valence-corrected chi connectivity index (χ2v) is 12.2. The van der Waals surface area contributed by atoms with Gasteiger partial charge in [-0.2, -0.15) is 0 Å². The van der Waals surface area contributed by atoms with Crippen LogP contribution in [-0.2, 0) is 52.9 Å². The van der Waals surface area contributed by atoms with E-state index in [4.69, 9.17) is 14.9 Å². The molecule has 2 bridgehead atoms. The molecule has 15 nitrogen and oxygen atoms in total. The van der Waals surface area contributed by atoms with E-state index in [2.05, 4.69) is 26.6 Å². The van der Waals surface area contributed by atoms with E-state index in [-0.39, 0.29) is 58.0 Å². The molecule has 3 atom stereocenters. The van der Waals surface area contributed by atoms with E-state index < -0.39 is 47.5 Å². The van der Waals surface area contributed by atoms with Gasteiger partial charge in [0, 0.05) is 57.8 Å². The van der Waals surface area contributed by atoms with Gasteiger partial charge in [-0.3, -0.25) is 28.8 Å². The lowest BCUT2D eigenvalue weighted by Crippen LogP contribution is -2.52. The van der Waals surface area contributed by atoms with E-state index in [0.29, 0.717) is 55.8 Å². The van der Waals surface area contributed by atoms with Crippen LogP contribution in [0.15, 0.2) is 59.2 Å². The molecule has 2 aliphatic rings. The van der Waals surface area contributed by atoms with E-state index in [9.17, 15) is 28.8 Å². The van der Waals surface area contributed by atoms with E-state index in [1.54, 1.807) is 36.4 Å². The van der Waals surface area contributed by atoms with Gasteiger partial charge < -0.3 is 46.4 Å². The highest BCUT2D eigenvalue weighted by Crippen LogP contribution is 2.18. The minimum absolute atomic E-state index is 0.0598. The van der Waals surface area contributed by atoms with E-state index in [0.717, 1.165) is 6.08 Å². The van der Waals surface area contributed by atoms with Gasteiger partial charge in [0.05, 0.1) is 31.8 Å². The maximum atomic E-state index is 13.5. The Morgan fingerprint density at radius 1 is 0.940 bits per heavy atom. The summed E-state index contributed by atoms with van der Waals surface area (Å²) in [4.78, 5) is 80.2. The maximum absolute atomic E-state index is 13.5. The quantitative estimate of drug-likeness (QED) is 0.195. The summed E-state index contributed by atoms with van der Waals surface area (Å²) in [6.45, 7) is 2.04. The molecular weight excluding hydrogens is 646 g/mol. The van der Waals surface area contributed by atoms with Crippen LogP contribution in [0.1, 0.15) is 42.6 Å². The summed E-state index contributed by atoms with van der Waals surface area (Å²) >= 11 is 0. The molecule has 0 spiro atoms. The fraction of sp³-hybridized carbons (Fsp3) is 0.486. The van der Waals surface area contributed by atoms with Crippen LogP contribution in [0.4, 0.5) is 0 Å². The van der Waals surface area contributed by atoms with Gasteiger partial charge in [-0.05, 0) is 48.9 Å². The van der Waals surface area contributed by atoms with E-state index in [1.165, 1.54) is 17.2 Å². The second-order valence-electron chi connectivity index (χ2n) is 12.2. The lowest BCUT2D eigenvalue weighted by molar-refractivity contribution is -0.135. The van der Waals surface area contributed by atoms with Crippen molar-refractivity contribution in [3.05, 3.63) is 71.7 Å². The molecule has 1 fully saturated rings. The van der Waals surface area contributed by atoms with Crippen molar-refractivity contribution in [2.45, 2.75) is 57.2 Å². The Bertz CT molecular complexity index is 1500. The first-order valence-electron chi connectivity index (χ1n) is 17.0. The molecule has 4 rings (SSSR count). The fourth-order valence-corrected chi connectivity index (χ4v) is 5.80. The third kappa shape index (κ3) is 12.1. The number of nitrogens with one attached hydrogen (secondary N) is 5. The van der Waals surface area contributed by atoms with Crippen LogP contribution in [0, 0.1) is 5.92 Å². The molecule has 0 radical (unpaired) electrons. The predicted molar refractivity (Wildman–Crippen MR) is 182 cm³/mol. The summed E-state index contributed by atoms with van der Waals surface area (Å²) in [7, 11) is 0. The Morgan fingerprint density at radius 3 is 2.54 bits per heavy atom. The van der Waals surface area contributed by atoms with Crippen LogP contribution in [0.25, 0.3) is 0 Å². The molecule has 7 N–H and O–H groups in total. The molecule has 0 aliphatic carbocycles. The molecule has 2 aliphatic heterocycles.